The van der Waals surface area contributed by atoms with E-state index in [4.69, 9.17) is 0 Å². The number of hydrogen-bond acceptors (Lipinski definition) is 8. The topological polar surface area (TPSA) is 125 Å². The van der Waals surface area contributed by atoms with Gasteiger partial charge in [0.05, 0.1) is 6.20 Å². The Hall–Kier alpha value is -4.08. The first-order chi connectivity index (χ1) is 13.2. The van der Waals surface area contributed by atoms with Gasteiger partial charge in [0.15, 0.2) is 17.5 Å². The second-order valence-electron chi connectivity index (χ2n) is 5.52. The molecule has 0 aliphatic heterocycles. The van der Waals surface area contributed by atoms with Crippen molar-refractivity contribution >= 4 is 23.1 Å². The van der Waals surface area contributed by atoms with Crippen LogP contribution in [0.5, 0.6) is 5.75 Å². The number of nitrogens with one attached hydrogen (secondary N) is 3. The number of tetrazole rings is 1. The number of halogens is 1. The number of H-pyrrole nitrogens is 1. The minimum atomic E-state index is -0.620. The highest BCUT2D eigenvalue weighted by Crippen LogP contribution is 2.24. The summed E-state index contributed by atoms with van der Waals surface area (Å²) >= 11 is 0. The SMILES string of the molecule is Oc1cccc(Nc2nc(Nc3cccc(-c4nnn[nH]4)c3)ncc2F)c1. The van der Waals surface area contributed by atoms with Gasteiger partial charge < -0.3 is 15.7 Å². The summed E-state index contributed by atoms with van der Waals surface area (Å²) in [5.41, 5.74) is 1.95. The molecule has 0 spiro atoms. The van der Waals surface area contributed by atoms with Crippen LogP contribution in [0.15, 0.2) is 54.7 Å². The van der Waals surface area contributed by atoms with E-state index in [0.717, 1.165) is 11.8 Å². The molecule has 4 aromatic rings. The number of phenolic OH excluding ortho intramolecular Hbond substituents is 1. The Morgan fingerprint density at radius 2 is 1.81 bits per heavy atom. The fourth-order valence-corrected chi connectivity index (χ4v) is 2.39. The lowest BCUT2D eigenvalue weighted by atomic mass is 10.2. The molecule has 4 rings (SSSR count). The number of aromatic nitrogens is 6. The van der Waals surface area contributed by atoms with Crippen molar-refractivity contribution in [2.24, 2.45) is 0 Å². The molecule has 0 saturated heterocycles. The second kappa shape index (κ2) is 7.04. The van der Waals surface area contributed by atoms with E-state index in [1.807, 2.05) is 18.2 Å². The maximum atomic E-state index is 14.0. The molecule has 10 heteroatoms. The molecule has 0 saturated carbocycles. The minimum Gasteiger partial charge on any atom is -0.508 e. The molecule has 0 amide bonds. The van der Waals surface area contributed by atoms with Crippen LogP contribution >= 0.6 is 0 Å². The Morgan fingerprint density at radius 3 is 2.59 bits per heavy atom. The smallest absolute Gasteiger partial charge is 0.229 e. The van der Waals surface area contributed by atoms with Gasteiger partial charge in [-0.15, -0.1) is 5.10 Å². The van der Waals surface area contributed by atoms with Crippen molar-refractivity contribution in [1.29, 1.82) is 0 Å². The highest BCUT2D eigenvalue weighted by Gasteiger charge is 2.09. The van der Waals surface area contributed by atoms with Gasteiger partial charge in [-0.3, -0.25) is 0 Å². The molecule has 0 aliphatic rings. The van der Waals surface area contributed by atoms with Crippen LogP contribution in [0.25, 0.3) is 11.4 Å². The summed E-state index contributed by atoms with van der Waals surface area (Å²) in [7, 11) is 0. The molecule has 27 heavy (non-hydrogen) atoms. The van der Waals surface area contributed by atoms with Crippen LogP contribution in [0.4, 0.5) is 27.5 Å². The largest absolute Gasteiger partial charge is 0.508 e. The third kappa shape index (κ3) is 3.79. The van der Waals surface area contributed by atoms with Crippen molar-refractivity contribution in [2.45, 2.75) is 0 Å². The van der Waals surface area contributed by atoms with Gasteiger partial charge >= 0.3 is 0 Å². The molecule has 0 bridgehead atoms. The van der Waals surface area contributed by atoms with Crippen LogP contribution in [0.2, 0.25) is 0 Å². The minimum absolute atomic E-state index is 0.0197. The summed E-state index contributed by atoms with van der Waals surface area (Å²) in [6, 6.07) is 13.6. The summed E-state index contributed by atoms with van der Waals surface area (Å²) in [6.07, 6.45) is 1.06. The predicted octanol–water partition coefficient (Wildman–Crippen LogP) is 2.99. The molecular weight excluding hydrogens is 351 g/mol. The number of aromatic hydroxyl groups is 1. The van der Waals surface area contributed by atoms with Crippen molar-refractivity contribution in [3.63, 3.8) is 0 Å². The predicted molar refractivity (Wildman–Crippen MR) is 96.3 cm³/mol. The molecule has 0 unspecified atom stereocenters. The van der Waals surface area contributed by atoms with Gasteiger partial charge in [-0.2, -0.15) is 4.98 Å². The fourth-order valence-electron chi connectivity index (χ4n) is 2.39. The summed E-state index contributed by atoms with van der Waals surface area (Å²) in [4.78, 5) is 8.10. The Morgan fingerprint density at radius 1 is 1.00 bits per heavy atom. The van der Waals surface area contributed by atoms with E-state index >= 15 is 0 Å². The Bertz CT molecular complexity index is 1070. The lowest BCUT2D eigenvalue weighted by molar-refractivity contribution is 0.475. The quantitative estimate of drug-likeness (QED) is 0.426. The van der Waals surface area contributed by atoms with Crippen molar-refractivity contribution in [2.75, 3.05) is 10.6 Å². The monoisotopic (exact) mass is 364 g/mol. The van der Waals surface area contributed by atoms with Gasteiger partial charge in [0.25, 0.3) is 0 Å². The van der Waals surface area contributed by atoms with Crippen molar-refractivity contribution < 1.29 is 9.50 Å². The molecule has 134 valence electrons. The van der Waals surface area contributed by atoms with E-state index in [1.54, 1.807) is 18.2 Å². The number of rotatable bonds is 5. The Balaban J connectivity index is 1.57. The van der Waals surface area contributed by atoms with E-state index in [2.05, 4.69) is 41.2 Å². The number of aromatic amines is 1. The molecule has 9 nitrogen and oxygen atoms in total. The number of hydrogen-bond donors (Lipinski definition) is 4. The maximum Gasteiger partial charge on any atom is 0.229 e. The normalized spacial score (nSPS) is 10.6. The van der Waals surface area contributed by atoms with Gasteiger partial charge in [0, 0.05) is 23.0 Å². The number of anilines is 4. The zero-order valence-corrected chi connectivity index (χ0v) is 13.8. The molecule has 0 atom stereocenters. The van der Waals surface area contributed by atoms with E-state index in [9.17, 15) is 9.50 Å². The lowest BCUT2D eigenvalue weighted by Gasteiger charge is -2.10. The molecule has 0 radical (unpaired) electrons. The lowest BCUT2D eigenvalue weighted by Crippen LogP contribution is -2.03. The Labute approximate surface area is 152 Å². The third-order valence-electron chi connectivity index (χ3n) is 3.59. The van der Waals surface area contributed by atoms with Gasteiger partial charge in [-0.05, 0) is 34.7 Å². The van der Waals surface area contributed by atoms with Crippen LogP contribution in [0, 0.1) is 5.82 Å². The van der Waals surface area contributed by atoms with Gasteiger partial charge in [0.2, 0.25) is 5.95 Å². The zero-order chi connectivity index (χ0) is 18.6. The summed E-state index contributed by atoms with van der Waals surface area (Å²) in [5.74, 6) is 0.141. The van der Waals surface area contributed by atoms with E-state index in [-0.39, 0.29) is 17.5 Å². The maximum absolute atomic E-state index is 14.0. The molecule has 0 aliphatic carbocycles. The number of benzene rings is 2. The number of nitrogens with zero attached hydrogens (tertiary/aromatic N) is 5. The van der Waals surface area contributed by atoms with Crippen LogP contribution in [0.1, 0.15) is 0 Å². The molecule has 2 aromatic heterocycles. The third-order valence-corrected chi connectivity index (χ3v) is 3.59. The summed E-state index contributed by atoms with van der Waals surface area (Å²) in [5, 5.41) is 29.0. The van der Waals surface area contributed by atoms with Crippen molar-refractivity contribution in [3.8, 4) is 17.1 Å². The zero-order valence-electron chi connectivity index (χ0n) is 13.8. The van der Waals surface area contributed by atoms with Gasteiger partial charge in [0.1, 0.15) is 5.75 Å². The first-order valence-electron chi connectivity index (χ1n) is 7.87. The van der Waals surface area contributed by atoms with Crippen LogP contribution in [-0.2, 0) is 0 Å². The van der Waals surface area contributed by atoms with Crippen LogP contribution in [-0.4, -0.2) is 35.7 Å². The molecule has 4 N–H and O–H groups in total. The van der Waals surface area contributed by atoms with Gasteiger partial charge in [-0.1, -0.05) is 18.2 Å². The van der Waals surface area contributed by atoms with E-state index in [1.165, 1.54) is 12.1 Å². The standard InChI is InChI=1S/C17H13FN8O/c18-14-9-19-17(22-16(14)20-12-5-2-6-13(27)8-12)21-11-4-1-3-10(7-11)15-23-25-26-24-15/h1-9,27H,(H2,19,20,21,22)(H,23,24,25,26). The first-order valence-corrected chi connectivity index (χ1v) is 7.87. The van der Waals surface area contributed by atoms with E-state index in [0.29, 0.717) is 17.2 Å². The van der Waals surface area contributed by atoms with Crippen molar-refractivity contribution in [1.82, 2.24) is 30.6 Å². The van der Waals surface area contributed by atoms with Crippen LogP contribution in [0.3, 0.4) is 0 Å². The average Bonchev–Trinajstić information content (AvgIpc) is 3.20. The van der Waals surface area contributed by atoms with Crippen LogP contribution < -0.4 is 10.6 Å². The number of phenols is 1. The summed E-state index contributed by atoms with van der Waals surface area (Å²) < 4.78 is 14.0. The van der Waals surface area contributed by atoms with E-state index < -0.39 is 5.82 Å². The van der Waals surface area contributed by atoms with Crippen molar-refractivity contribution in [3.05, 3.63) is 60.5 Å². The molecular formula is C17H13FN8O. The Kier molecular flexibility index (Phi) is 4.27. The first kappa shape index (κ1) is 16.4. The fraction of sp³-hybridized carbons (Fsp3) is 0. The highest BCUT2D eigenvalue weighted by molar-refractivity contribution is 5.65. The molecule has 2 heterocycles. The molecule has 0 fully saturated rings. The average molecular weight is 364 g/mol. The summed E-state index contributed by atoms with van der Waals surface area (Å²) in [6.45, 7) is 0. The molecule has 2 aromatic carbocycles. The second-order valence-corrected chi connectivity index (χ2v) is 5.52. The highest BCUT2D eigenvalue weighted by atomic mass is 19.1. The van der Waals surface area contributed by atoms with Gasteiger partial charge in [-0.25, -0.2) is 14.5 Å².